The number of aromatic hydroxyl groups is 2. The largest absolute Gasteiger partial charge is 0.507 e. The summed E-state index contributed by atoms with van der Waals surface area (Å²) >= 11 is 3.51. The maximum atomic E-state index is 10.5. The van der Waals surface area contributed by atoms with Gasteiger partial charge in [0.2, 0.25) is 0 Å². The van der Waals surface area contributed by atoms with Crippen molar-refractivity contribution >= 4 is 23.5 Å². The molecular formula is C22H20N2O4S2. The van der Waals surface area contributed by atoms with Crippen molar-refractivity contribution < 1.29 is 19.3 Å². The molecule has 4 aromatic rings. The molecule has 0 radical (unpaired) electrons. The molecule has 2 aromatic carbocycles. The fourth-order valence-electron chi connectivity index (χ4n) is 3.00. The number of phenols is 2. The predicted octanol–water partition coefficient (Wildman–Crippen LogP) is 5.57. The predicted molar refractivity (Wildman–Crippen MR) is 120 cm³/mol. The van der Waals surface area contributed by atoms with Crippen molar-refractivity contribution in [3.05, 3.63) is 72.1 Å². The average molecular weight is 441 g/mol. The molecule has 0 unspecified atom stereocenters. The minimum atomic E-state index is 0.239. The normalized spacial score (nSPS) is 11.1. The Bertz CT molecular complexity index is 995. The first-order valence-electron chi connectivity index (χ1n) is 9.33. The molecule has 154 valence electrons. The van der Waals surface area contributed by atoms with Gasteiger partial charge in [-0.25, -0.2) is 0 Å². The highest BCUT2D eigenvalue weighted by atomic mass is 32.2. The maximum absolute atomic E-state index is 10.5. The third-order valence-electron chi connectivity index (χ3n) is 4.53. The summed E-state index contributed by atoms with van der Waals surface area (Å²) in [6.45, 7) is 0. The van der Waals surface area contributed by atoms with Crippen molar-refractivity contribution in [2.24, 2.45) is 0 Å². The van der Waals surface area contributed by atoms with Crippen LogP contribution in [-0.2, 0) is 11.5 Å². The van der Waals surface area contributed by atoms with Crippen LogP contribution in [0.4, 0.5) is 0 Å². The van der Waals surface area contributed by atoms with E-state index in [9.17, 15) is 10.2 Å². The van der Waals surface area contributed by atoms with Crippen LogP contribution >= 0.6 is 23.5 Å². The van der Waals surface area contributed by atoms with Gasteiger partial charge in [-0.15, -0.1) is 0 Å². The molecule has 0 aliphatic carbocycles. The van der Waals surface area contributed by atoms with Crippen molar-refractivity contribution in [2.45, 2.75) is 11.5 Å². The molecule has 0 amide bonds. The third kappa shape index (κ3) is 4.66. The summed E-state index contributed by atoms with van der Waals surface area (Å²) in [5.74, 6) is 4.87. The van der Waals surface area contributed by atoms with Crippen LogP contribution < -0.4 is 0 Å². The molecule has 4 rings (SSSR count). The summed E-state index contributed by atoms with van der Waals surface area (Å²) in [5.41, 5.74) is 3.05. The van der Waals surface area contributed by atoms with Gasteiger partial charge in [-0.3, -0.25) is 0 Å². The fraction of sp³-hybridized carbons (Fsp3) is 0.182. The lowest BCUT2D eigenvalue weighted by molar-refractivity contribution is 0.425. The molecule has 2 heterocycles. The lowest BCUT2D eigenvalue weighted by Gasteiger charge is -2.09. The Morgan fingerprint density at radius 3 is 1.53 bits per heavy atom. The smallest absolute Gasteiger partial charge is 0.170 e. The second-order valence-corrected chi connectivity index (χ2v) is 8.70. The standard InChI is InChI=1S/C22H20N2O4S2/c25-21-15(3-1-5-17(21)19-7-9-23-27-19)13-29-11-12-30-14-16-4-2-6-18(22(16)26)20-8-10-24-28-20/h1-10,25-26H,11-14H2. The molecule has 30 heavy (non-hydrogen) atoms. The molecule has 0 bridgehead atoms. The summed E-state index contributed by atoms with van der Waals surface area (Å²) in [6, 6.07) is 14.8. The van der Waals surface area contributed by atoms with E-state index in [1.165, 1.54) is 0 Å². The van der Waals surface area contributed by atoms with Crippen molar-refractivity contribution in [3.63, 3.8) is 0 Å². The number of para-hydroxylation sites is 2. The van der Waals surface area contributed by atoms with Crippen LogP contribution in [0.15, 0.2) is 70.0 Å². The molecule has 6 nitrogen and oxygen atoms in total. The number of aromatic nitrogens is 2. The Hall–Kier alpha value is -2.84. The van der Waals surface area contributed by atoms with Crippen molar-refractivity contribution in [2.75, 3.05) is 11.5 Å². The lowest BCUT2D eigenvalue weighted by Crippen LogP contribution is -1.91. The van der Waals surface area contributed by atoms with E-state index in [0.29, 0.717) is 34.2 Å². The van der Waals surface area contributed by atoms with Crippen LogP contribution in [-0.4, -0.2) is 32.0 Å². The number of hydrogen-bond donors (Lipinski definition) is 2. The Labute approximate surface area is 182 Å². The van der Waals surface area contributed by atoms with Gasteiger partial charge in [0.1, 0.15) is 11.5 Å². The van der Waals surface area contributed by atoms with Gasteiger partial charge < -0.3 is 19.3 Å². The van der Waals surface area contributed by atoms with E-state index in [-0.39, 0.29) is 11.5 Å². The number of rotatable bonds is 9. The average Bonchev–Trinajstić information content (AvgIpc) is 3.47. The zero-order valence-corrected chi connectivity index (χ0v) is 17.7. The highest BCUT2D eigenvalue weighted by Gasteiger charge is 2.13. The Morgan fingerprint density at radius 1 is 0.667 bits per heavy atom. The van der Waals surface area contributed by atoms with Crippen molar-refractivity contribution in [3.8, 4) is 34.1 Å². The molecule has 0 spiro atoms. The van der Waals surface area contributed by atoms with Crippen LogP contribution in [0.25, 0.3) is 22.6 Å². The lowest BCUT2D eigenvalue weighted by atomic mass is 10.1. The van der Waals surface area contributed by atoms with Crippen molar-refractivity contribution in [1.29, 1.82) is 0 Å². The van der Waals surface area contributed by atoms with E-state index >= 15 is 0 Å². The van der Waals surface area contributed by atoms with Crippen LogP contribution in [0, 0.1) is 0 Å². The molecule has 0 aliphatic heterocycles. The molecule has 0 aliphatic rings. The Kier molecular flexibility index (Phi) is 6.66. The summed E-state index contributed by atoms with van der Waals surface area (Å²) in [4.78, 5) is 0. The zero-order valence-electron chi connectivity index (χ0n) is 16.0. The first-order chi connectivity index (χ1) is 14.7. The number of thioether (sulfide) groups is 2. The van der Waals surface area contributed by atoms with Gasteiger partial charge in [-0.2, -0.15) is 23.5 Å². The van der Waals surface area contributed by atoms with E-state index in [1.807, 2.05) is 36.4 Å². The molecule has 0 saturated carbocycles. The fourth-order valence-corrected chi connectivity index (χ4v) is 5.14. The van der Waals surface area contributed by atoms with E-state index in [1.54, 1.807) is 48.1 Å². The van der Waals surface area contributed by atoms with E-state index in [2.05, 4.69) is 10.3 Å². The SMILES string of the molecule is Oc1c(CSCCSCc2cccc(-c3ccno3)c2O)cccc1-c1ccno1. The van der Waals surface area contributed by atoms with Crippen molar-refractivity contribution in [1.82, 2.24) is 10.3 Å². The third-order valence-corrected chi connectivity index (χ3v) is 6.81. The number of phenolic OH excluding ortho intramolecular Hbond substituents is 2. The van der Waals surface area contributed by atoms with E-state index in [0.717, 1.165) is 22.6 Å². The molecule has 0 atom stereocenters. The molecule has 2 aromatic heterocycles. The van der Waals surface area contributed by atoms with Crippen LogP contribution in [0.2, 0.25) is 0 Å². The molecule has 0 fully saturated rings. The summed E-state index contributed by atoms with van der Waals surface area (Å²) < 4.78 is 10.3. The second-order valence-electron chi connectivity index (χ2n) is 6.49. The Morgan fingerprint density at radius 2 is 1.13 bits per heavy atom. The molecule has 0 saturated heterocycles. The summed E-state index contributed by atoms with van der Waals surface area (Å²) in [6.07, 6.45) is 3.12. The maximum Gasteiger partial charge on any atom is 0.170 e. The van der Waals surface area contributed by atoms with Crippen LogP contribution in [0.3, 0.4) is 0 Å². The molecular weight excluding hydrogens is 420 g/mol. The quantitative estimate of drug-likeness (QED) is 0.326. The first kappa shape index (κ1) is 20.4. The second kappa shape index (κ2) is 9.77. The number of benzene rings is 2. The number of nitrogens with zero attached hydrogens (tertiary/aromatic N) is 2. The molecule has 8 heteroatoms. The van der Waals surface area contributed by atoms with Gasteiger partial charge in [0, 0.05) is 46.3 Å². The van der Waals surface area contributed by atoms with Crippen LogP contribution in [0.1, 0.15) is 11.1 Å². The topological polar surface area (TPSA) is 92.5 Å². The van der Waals surface area contributed by atoms with Gasteiger partial charge in [0.15, 0.2) is 11.5 Å². The monoisotopic (exact) mass is 440 g/mol. The van der Waals surface area contributed by atoms with Gasteiger partial charge in [0.25, 0.3) is 0 Å². The highest BCUT2D eigenvalue weighted by Crippen LogP contribution is 2.35. The van der Waals surface area contributed by atoms with E-state index in [4.69, 9.17) is 9.05 Å². The van der Waals surface area contributed by atoms with Gasteiger partial charge in [-0.1, -0.05) is 34.6 Å². The summed E-state index contributed by atoms with van der Waals surface area (Å²) in [7, 11) is 0. The van der Waals surface area contributed by atoms with E-state index < -0.39 is 0 Å². The van der Waals surface area contributed by atoms with Gasteiger partial charge in [-0.05, 0) is 12.1 Å². The first-order valence-corrected chi connectivity index (χ1v) is 11.6. The minimum absolute atomic E-state index is 0.239. The highest BCUT2D eigenvalue weighted by molar-refractivity contribution is 8.02. The van der Waals surface area contributed by atoms with Crippen LogP contribution in [0.5, 0.6) is 11.5 Å². The van der Waals surface area contributed by atoms with Gasteiger partial charge >= 0.3 is 0 Å². The zero-order chi connectivity index (χ0) is 20.8. The number of hydrogen-bond acceptors (Lipinski definition) is 8. The van der Waals surface area contributed by atoms with Gasteiger partial charge in [0.05, 0.1) is 23.5 Å². The summed E-state index contributed by atoms with van der Waals surface area (Å²) in [5, 5.41) is 28.4. The molecule has 2 N–H and O–H groups in total. The minimum Gasteiger partial charge on any atom is -0.507 e. The Balaban J connectivity index is 1.26.